The van der Waals surface area contributed by atoms with E-state index < -0.39 is 0 Å². The van der Waals surface area contributed by atoms with E-state index in [-0.39, 0.29) is 11.7 Å². The molecule has 0 radical (unpaired) electrons. The van der Waals surface area contributed by atoms with Gasteiger partial charge in [0.2, 0.25) is 0 Å². The second-order valence-corrected chi connectivity index (χ2v) is 5.83. The highest BCUT2D eigenvalue weighted by molar-refractivity contribution is 6.42. The van der Waals surface area contributed by atoms with E-state index in [1.54, 1.807) is 55.5 Å². The number of hydrogen-bond donors (Lipinski definition) is 1. The highest BCUT2D eigenvalue weighted by Gasteiger charge is 2.29. The van der Waals surface area contributed by atoms with Crippen LogP contribution in [0.4, 0.5) is 5.69 Å². The number of carbonyl (C=O) groups excluding carboxylic acids is 1. The second-order valence-electron chi connectivity index (χ2n) is 5.02. The van der Waals surface area contributed by atoms with Crippen molar-refractivity contribution in [2.24, 2.45) is 5.10 Å². The zero-order chi connectivity index (χ0) is 16.6. The molecule has 1 heterocycles. The topological polar surface area (TPSA) is 52.9 Å². The Balaban J connectivity index is 1.98. The lowest BCUT2D eigenvalue weighted by molar-refractivity contribution is -0.114. The maximum Gasteiger partial charge on any atom is 0.280 e. The number of hydrogen-bond acceptors (Lipinski definition) is 3. The zero-order valence-corrected chi connectivity index (χ0v) is 13.6. The van der Waals surface area contributed by atoms with E-state index in [9.17, 15) is 9.90 Å². The molecule has 1 aliphatic heterocycles. The lowest BCUT2D eigenvalue weighted by atomic mass is 10.1. The molecule has 2 aromatic carbocycles. The summed E-state index contributed by atoms with van der Waals surface area (Å²) in [4.78, 5) is 12.6. The molecule has 1 aliphatic rings. The molecular weight excluding hydrogens is 335 g/mol. The predicted octanol–water partition coefficient (Wildman–Crippen LogP) is 4.51. The fraction of sp³-hybridized carbons (Fsp3) is 0.0588. The number of hydrazone groups is 1. The van der Waals surface area contributed by atoms with E-state index in [2.05, 4.69) is 5.10 Å². The fourth-order valence-electron chi connectivity index (χ4n) is 2.24. The van der Waals surface area contributed by atoms with Gasteiger partial charge in [0.05, 0.1) is 27.0 Å². The summed E-state index contributed by atoms with van der Waals surface area (Å²) >= 11 is 11.9. The molecule has 2 aromatic rings. The van der Waals surface area contributed by atoms with Crippen LogP contribution in [0.2, 0.25) is 10.0 Å². The van der Waals surface area contributed by atoms with Gasteiger partial charge in [0.1, 0.15) is 5.75 Å². The normalized spacial score (nSPS) is 16.1. The van der Waals surface area contributed by atoms with Crippen molar-refractivity contribution in [3.8, 4) is 5.75 Å². The Labute approximate surface area is 143 Å². The number of para-hydroxylation sites is 1. The smallest absolute Gasteiger partial charge is 0.280 e. The molecule has 0 atom stereocenters. The van der Waals surface area contributed by atoms with Crippen molar-refractivity contribution in [2.45, 2.75) is 6.92 Å². The van der Waals surface area contributed by atoms with Crippen LogP contribution in [0.25, 0.3) is 6.08 Å². The van der Waals surface area contributed by atoms with Gasteiger partial charge in [-0.15, -0.1) is 0 Å². The first-order valence-electron chi connectivity index (χ1n) is 6.82. The first kappa shape index (κ1) is 15.6. The van der Waals surface area contributed by atoms with Crippen molar-refractivity contribution in [2.75, 3.05) is 5.01 Å². The Hall–Kier alpha value is -2.30. The van der Waals surface area contributed by atoms with Crippen LogP contribution in [0.1, 0.15) is 12.5 Å². The largest absolute Gasteiger partial charge is 0.507 e. The van der Waals surface area contributed by atoms with Crippen LogP contribution in [-0.2, 0) is 4.79 Å². The maximum absolute atomic E-state index is 12.6. The van der Waals surface area contributed by atoms with Gasteiger partial charge in [-0.05, 0) is 37.3 Å². The zero-order valence-electron chi connectivity index (χ0n) is 12.1. The average molecular weight is 347 g/mol. The number of amides is 1. The van der Waals surface area contributed by atoms with E-state index in [1.807, 2.05) is 0 Å². The van der Waals surface area contributed by atoms with Crippen LogP contribution >= 0.6 is 23.2 Å². The number of anilines is 1. The maximum atomic E-state index is 12.6. The van der Waals surface area contributed by atoms with Gasteiger partial charge in [-0.3, -0.25) is 4.79 Å². The Morgan fingerprint density at radius 2 is 1.87 bits per heavy atom. The van der Waals surface area contributed by atoms with Crippen molar-refractivity contribution in [1.82, 2.24) is 0 Å². The van der Waals surface area contributed by atoms with Crippen molar-refractivity contribution < 1.29 is 9.90 Å². The summed E-state index contributed by atoms with van der Waals surface area (Å²) in [5.41, 5.74) is 2.06. The van der Waals surface area contributed by atoms with Gasteiger partial charge in [-0.2, -0.15) is 10.1 Å². The van der Waals surface area contributed by atoms with Gasteiger partial charge in [0.25, 0.3) is 5.91 Å². The molecule has 1 N–H and O–H groups in total. The van der Waals surface area contributed by atoms with Crippen LogP contribution in [0, 0.1) is 0 Å². The second kappa shape index (κ2) is 6.07. The number of phenolic OH excluding ortho intramolecular Hbond substituents is 1. The van der Waals surface area contributed by atoms with Crippen LogP contribution in [0.15, 0.2) is 53.1 Å². The van der Waals surface area contributed by atoms with E-state index >= 15 is 0 Å². The molecule has 4 nitrogen and oxygen atoms in total. The van der Waals surface area contributed by atoms with Crippen molar-refractivity contribution >= 4 is 46.6 Å². The van der Waals surface area contributed by atoms with Gasteiger partial charge in [0.15, 0.2) is 0 Å². The quantitative estimate of drug-likeness (QED) is 0.813. The lowest BCUT2D eigenvalue weighted by Crippen LogP contribution is -2.21. The van der Waals surface area contributed by atoms with Gasteiger partial charge < -0.3 is 5.11 Å². The Morgan fingerprint density at radius 3 is 2.57 bits per heavy atom. The van der Waals surface area contributed by atoms with E-state index in [0.29, 0.717) is 32.6 Å². The number of aromatic hydroxyl groups is 1. The number of rotatable bonds is 2. The molecule has 23 heavy (non-hydrogen) atoms. The highest BCUT2D eigenvalue weighted by Crippen LogP contribution is 2.31. The minimum atomic E-state index is -0.288. The molecule has 6 heteroatoms. The summed E-state index contributed by atoms with van der Waals surface area (Å²) in [5, 5.41) is 16.1. The minimum Gasteiger partial charge on any atom is -0.507 e. The molecule has 1 amide bonds. The summed E-state index contributed by atoms with van der Waals surface area (Å²) in [7, 11) is 0. The minimum absolute atomic E-state index is 0.105. The standard InChI is InChI=1S/C17H12Cl2N2O2/c1-10-13(8-11-4-2-3-5-16(11)22)17(23)21(20-10)12-6-7-14(18)15(19)9-12/h2-9,22H,1H3. The molecule has 0 spiro atoms. The van der Waals surface area contributed by atoms with Gasteiger partial charge in [-0.1, -0.05) is 41.4 Å². The fourth-order valence-corrected chi connectivity index (χ4v) is 2.53. The predicted molar refractivity (Wildman–Crippen MR) is 93.1 cm³/mol. The molecule has 0 bridgehead atoms. The third-order valence-corrected chi connectivity index (χ3v) is 4.19. The first-order valence-corrected chi connectivity index (χ1v) is 7.58. The SMILES string of the molecule is CC1=NN(c2ccc(Cl)c(Cl)c2)C(=O)C1=Cc1ccccc1O. The number of nitrogens with zero attached hydrogens (tertiary/aromatic N) is 2. The molecule has 0 saturated carbocycles. The first-order chi connectivity index (χ1) is 11.0. The molecular formula is C17H12Cl2N2O2. The van der Waals surface area contributed by atoms with Crippen molar-refractivity contribution in [3.05, 3.63) is 63.6 Å². The number of phenols is 1. The summed E-state index contributed by atoms with van der Waals surface area (Å²) in [5.74, 6) is -0.183. The van der Waals surface area contributed by atoms with Crippen molar-refractivity contribution in [3.63, 3.8) is 0 Å². The van der Waals surface area contributed by atoms with Gasteiger partial charge in [0, 0.05) is 5.56 Å². The van der Waals surface area contributed by atoms with E-state index in [4.69, 9.17) is 23.2 Å². The van der Waals surface area contributed by atoms with E-state index in [1.165, 1.54) is 5.01 Å². The molecule has 0 aliphatic carbocycles. The summed E-state index contributed by atoms with van der Waals surface area (Å²) < 4.78 is 0. The third-order valence-electron chi connectivity index (χ3n) is 3.45. The van der Waals surface area contributed by atoms with Gasteiger partial charge >= 0.3 is 0 Å². The van der Waals surface area contributed by atoms with Crippen LogP contribution in [-0.4, -0.2) is 16.7 Å². The molecule has 0 fully saturated rings. The summed E-state index contributed by atoms with van der Waals surface area (Å²) in [6.45, 7) is 1.74. The van der Waals surface area contributed by atoms with E-state index in [0.717, 1.165) is 0 Å². The monoisotopic (exact) mass is 346 g/mol. The number of carbonyl (C=O) groups is 1. The Morgan fingerprint density at radius 1 is 1.13 bits per heavy atom. The third kappa shape index (κ3) is 2.96. The van der Waals surface area contributed by atoms with Gasteiger partial charge in [-0.25, -0.2) is 0 Å². The van der Waals surface area contributed by atoms with Crippen LogP contribution in [0.5, 0.6) is 5.75 Å². The summed E-state index contributed by atoms with van der Waals surface area (Å²) in [6, 6.07) is 11.7. The summed E-state index contributed by atoms with van der Waals surface area (Å²) in [6.07, 6.45) is 1.62. The molecule has 116 valence electrons. The molecule has 3 rings (SSSR count). The number of halogens is 2. The number of benzene rings is 2. The Kier molecular flexibility index (Phi) is 4.11. The Bertz CT molecular complexity index is 859. The lowest BCUT2D eigenvalue weighted by Gasteiger charge is -2.12. The average Bonchev–Trinajstić information content (AvgIpc) is 2.80. The highest BCUT2D eigenvalue weighted by atomic mass is 35.5. The van der Waals surface area contributed by atoms with Crippen LogP contribution < -0.4 is 5.01 Å². The molecule has 0 saturated heterocycles. The molecule has 0 aromatic heterocycles. The van der Waals surface area contributed by atoms with Crippen LogP contribution in [0.3, 0.4) is 0 Å². The van der Waals surface area contributed by atoms with Crippen molar-refractivity contribution in [1.29, 1.82) is 0 Å². The molecule has 0 unspecified atom stereocenters.